The number of ether oxygens (including phenoxy) is 3. The minimum absolute atomic E-state index is 0.0154. The van der Waals surface area contributed by atoms with Crippen LogP contribution in [0.3, 0.4) is 0 Å². The van der Waals surface area contributed by atoms with Gasteiger partial charge in [0.1, 0.15) is 12.4 Å². The van der Waals surface area contributed by atoms with Crippen molar-refractivity contribution in [2.75, 3.05) is 37.8 Å². The Balaban J connectivity index is 2.57. The topological polar surface area (TPSA) is 94.2 Å². The number of para-hydroxylation sites is 2. The molecule has 1 aliphatic rings. The fourth-order valence-corrected chi connectivity index (χ4v) is 2.34. The third kappa shape index (κ3) is 3.54. The second-order valence-corrected chi connectivity index (χ2v) is 4.91. The highest BCUT2D eigenvalue weighted by Gasteiger charge is 2.33. The molecule has 0 fully saturated rings. The van der Waals surface area contributed by atoms with Crippen LogP contribution in [0.15, 0.2) is 35.5 Å². The van der Waals surface area contributed by atoms with Crippen LogP contribution in [0.4, 0.5) is 11.4 Å². The van der Waals surface area contributed by atoms with Gasteiger partial charge in [0.15, 0.2) is 0 Å². The summed E-state index contributed by atoms with van der Waals surface area (Å²) in [6.07, 6.45) is 0. The Bertz CT molecular complexity index is 698. The first kappa shape index (κ1) is 17.5. The molecule has 0 radical (unpaired) electrons. The molecule has 1 aromatic carbocycles. The number of hydrogen-bond donors (Lipinski definition) is 1. The molecule has 8 heteroatoms. The van der Waals surface area contributed by atoms with Gasteiger partial charge in [-0.05, 0) is 12.1 Å². The summed E-state index contributed by atoms with van der Waals surface area (Å²) in [6.45, 7) is 1.32. The molecular weight excluding hydrogens is 316 g/mol. The van der Waals surface area contributed by atoms with Gasteiger partial charge in [0, 0.05) is 6.92 Å². The van der Waals surface area contributed by atoms with Crippen molar-refractivity contribution < 1.29 is 28.6 Å². The third-order valence-electron chi connectivity index (χ3n) is 3.34. The number of hydrogen-bond acceptors (Lipinski definition) is 7. The number of amides is 1. The summed E-state index contributed by atoms with van der Waals surface area (Å²) in [4.78, 5) is 37.1. The second kappa shape index (κ2) is 7.60. The van der Waals surface area contributed by atoms with Gasteiger partial charge in [0.05, 0.1) is 37.8 Å². The lowest BCUT2D eigenvalue weighted by Crippen LogP contribution is -2.39. The zero-order valence-electron chi connectivity index (χ0n) is 13.6. The van der Waals surface area contributed by atoms with Crippen molar-refractivity contribution >= 4 is 29.2 Å². The van der Waals surface area contributed by atoms with Gasteiger partial charge in [-0.2, -0.15) is 0 Å². The predicted octanol–water partition coefficient (Wildman–Crippen LogP) is 1.04. The molecule has 24 heavy (non-hydrogen) atoms. The first-order chi connectivity index (χ1) is 11.5. The molecule has 1 amide bonds. The van der Waals surface area contributed by atoms with Gasteiger partial charge in [-0.1, -0.05) is 12.1 Å². The lowest BCUT2D eigenvalue weighted by molar-refractivity contribution is -0.140. The van der Waals surface area contributed by atoms with Gasteiger partial charge < -0.3 is 24.4 Å². The number of anilines is 2. The second-order valence-electron chi connectivity index (χ2n) is 4.91. The Kier molecular flexibility index (Phi) is 5.54. The van der Waals surface area contributed by atoms with Gasteiger partial charge in [-0.3, -0.25) is 4.79 Å². The molecule has 1 aromatic rings. The van der Waals surface area contributed by atoms with Crippen LogP contribution < -0.4 is 10.2 Å². The van der Waals surface area contributed by atoms with E-state index in [0.29, 0.717) is 11.4 Å². The molecule has 0 atom stereocenters. The van der Waals surface area contributed by atoms with Crippen LogP contribution in [-0.4, -0.2) is 45.4 Å². The Morgan fingerprint density at radius 1 is 1.12 bits per heavy atom. The maximum absolute atomic E-state index is 12.2. The summed E-state index contributed by atoms with van der Waals surface area (Å²) >= 11 is 0. The van der Waals surface area contributed by atoms with E-state index in [4.69, 9.17) is 14.2 Å². The number of benzene rings is 1. The minimum atomic E-state index is -0.698. The Labute approximate surface area is 139 Å². The minimum Gasteiger partial charge on any atom is -0.466 e. The molecule has 0 spiro atoms. The van der Waals surface area contributed by atoms with Crippen LogP contribution in [0.5, 0.6) is 0 Å². The van der Waals surface area contributed by atoms with E-state index in [0.717, 1.165) is 0 Å². The summed E-state index contributed by atoms with van der Waals surface area (Å²) in [6, 6.07) is 6.85. The molecule has 2 rings (SSSR count). The Hall–Kier alpha value is -2.87. The van der Waals surface area contributed by atoms with Crippen molar-refractivity contribution in [2.45, 2.75) is 6.92 Å². The monoisotopic (exact) mass is 334 g/mol. The number of rotatable bonds is 4. The van der Waals surface area contributed by atoms with E-state index in [1.54, 1.807) is 24.3 Å². The smallest absolute Gasteiger partial charge is 0.355 e. The fourth-order valence-electron chi connectivity index (χ4n) is 2.34. The molecule has 1 N–H and O–H groups in total. The van der Waals surface area contributed by atoms with Gasteiger partial charge >= 0.3 is 11.9 Å². The maximum atomic E-state index is 12.2. The van der Waals surface area contributed by atoms with Crippen LogP contribution in [0.25, 0.3) is 0 Å². The van der Waals surface area contributed by atoms with Crippen molar-refractivity contribution in [1.82, 2.24) is 0 Å². The fraction of sp³-hybridized carbons (Fsp3) is 0.312. The predicted molar refractivity (Wildman–Crippen MR) is 85.1 cm³/mol. The molecule has 0 aromatic heterocycles. The van der Waals surface area contributed by atoms with E-state index >= 15 is 0 Å². The van der Waals surface area contributed by atoms with Gasteiger partial charge in [0.2, 0.25) is 5.91 Å². The summed E-state index contributed by atoms with van der Waals surface area (Å²) in [5.41, 5.74) is 1.04. The van der Waals surface area contributed by atoms with Crippen LogP contribution in [0.2, 0.25) is 0 Å². The van der Waals surface area contributed by atoms with E-state index in [1.807, 2.05) is 0 Å². The van der Waals surface area contributed by atoms with Gasteiger partial charge in [-0.25, -0.2) is 9.59 Å². The number of carbonyl (C=O) groups excluding carboxylic acids is 3. The Morgan fingerprint density at radius 3 is 2.42 bits per heavy atom. The SMILES string of the molecule is COC(=O)C1=C(C(=O)OC)N(c2ccccc2NC(C)=O)COC1. The van der Waals surface area contributed by atoms with Crippen molar-refractivity contribution in [1.29, 1.82) is 0 Å². The highest BCUT2D eigenvalue weighted by atomic mass is 16.5. The van der Waals surface area contributed by atoms with Crippen molar-refractivity contribution in [3.8, 4) is 0 Å². The van der Waals surface area contributed by atoms with Crippen molar-refractivity contribution in [2.24, 2.45) is 0 Å². The molecule has 0 saturated carbocycles. The highest BCUT2D eigenvalue weighted by Crippen LogP contribution is 2.32. The summed E-state index contributed by atoms with van der Waals surface area (Å²) in [5.74, 6) is -1.65. The largest absolute Gasteiger partial charge is 0.466 e. The summed E-state index contributed by atoms with van der Waals surface area (Å²) in [7, 11) is 2.44. The lowest BCUT2D eigenvalue weighted by Gasteiger charge is -2.32. The zero-order chi connectivity index (χ0) is 17.7. The maximum Gasteiger partial charge on any atom is 0.355 e. The number of carbonyl (C=O) groups is 3. The number of nitrogens with one attached hydrogen (secondary N) is 1. The summed E-state index contributed by atoms with van der Waals surface area (Å²) < 4.78 is 14.9. The van der Waals surface area contributed by atoms with Crippen molar-refractivity contribution in [3.05, 3.63) is 35.5 Å². The van der Waals surface area contributed by atoms with E-state index in [9.17, 15) is 14.4 Å². The molecule has 0 unspecified atom stereocenters. The molecule has 0 saturated heterocycles. The lowest BCUT2D eigenvalue weighted by atomic mass is 10.1. The molecule has 128 valence electrons. The number of methoxy groups -OCH3 is 2. The van der Waals surface area contributed by atoms with Crippen LogP contribution in [-0.2, 0) is 28.6 Å². The van der Waals surface area contributed by atoms with E-state index in [1.165, 1.54) is 26.0 Å². The molecular formula is C16H18N2O6. The normalized spacial score (nSPS) is 14.2. The van der Waals surface area contributed by atoms with Gasteiger partial charge in [0.25, 0.3) is 0 Å². The van der Waals surface area contributed by atoms with E-state index in [-0.39, 0.29) is 30.5 Å². The zero-order valence-corrected chi connectivity index (χ0v) is 13.6. The van der Waals surface area contributed by atoms with Crippen LogP contribution >= 0.6 is 0 Å². The molecule has 1 aliphatic heterocycles. The quantitative estimate of drug-likeness (QED) is 0.822. The van der Waals surface area contributed by atoms with Gasteiger partial charge in [-0.15, -0.1) is 0 Å². The molecule has 8 nitrogen and oxygen atoms in total. The molecule has 1 heterocycles. The summed E-state index contributed by atoms with van der Waals surface area (Å²) in [5, 5.41) is 2.68. The first-order valence-corrected chi connectivity index (χ1v) is 7.11. The highest BCUT2D eigenvalue weighted by molar-refractivity contribution is 6.04. The van der Waals surface area contributed by atoms with Crippen LogP contribution in [0.1, 0.15) is 6.92 Å². The third-order valence-corrected chi connectivity index (χ3v) is 3.34. The number of esters is 2. The Morgan fingerprint density at radius 2 is 1.79 bits per heavy atom. The van der Waals surface area contributed by atoms with Crippen LogP contribution in [0, 0.1) is 0 Å². The standard InChI is InChI=1S/C16H18N2O6/c1-10(19)17-12-6-4-5-7-13(12)18-9-24-8-11(15(20)22-2)14(18)16(21)23-3/h4-7H,8-9H2,1-3H3,(H,17,19). The van der Waals surface area contributed by atoms with E-state index < -0.39 is 11.9 Å². The average Bonchev–Trinajstić information content (AvgIpc) is 2.59. The molecule has 0 bridgehead atoms. The number of nitrogens with zero attached hydrogens (tertiary/aromatic N) is 1. The molecule has 0 aliphatic carbocycles. The first-order valence-electron chi connectivity index (χ1n) is 7.11. The van der Waals surface area contributed by atoms with E-state index in [2.05, 4.69) is 5.32 Å². The van der Waals surface area contributed by atoms with Crippen molar-refractivity contribution in [3.63, 3.8) is 0 Å². The average molecular weight is 334 g/mol.